The van der Waals surface area contributed by atoms with Crippen LogP contribution in [0, 0.1) is 11.3 Å². The van der Waals surface area contributed by atoms with Gasteiger partial charge in [0.2, 0.25) is 0 Å². The zero-order chi connectivity index (χ0) is 13.1. The van der Waals surface area contributed by atoms with E-state index < -0.39 is 8.32 Å². The van der Waals surface area contributed by atoms with Crippen molar-refractivity contribution in [2.75, 3.05) is 0 Å². The van der Waals surface area contributed by atoms with Crippen molar-refractivity contribution in [1.82, 2.24) is 0 Å². The first-order chi connectivity index (χ1) is 7.78. The summed E-state index contributed by atoms with van der Waals surface area (Å²) in [5.74, 6) is 0. The Balaban J connectivity index is 2.78. The molecule has 0 aromatic heterocycles. The molecule has 0 aliphatic rings. The Morgan fingerprint density at radius 3 is 2.35 bits per heavy atom. The van der Waals surface area contributed by atoms with Gasteiger partial charge in [-0.1, -0.05) is 39.0 Å². The molecule has 0 atom stereocenters. The fraction of sp³-hybridized carbons (Fsp3) is 0.500. The van der Waals surface area contributed by atoms with Gasteiger partial charge in [0.1, 0.15) is 0 Å². The Kier molecular flexibility index (Phi) is 4.13. The number of hydrogen-bond donors (Lipinski definition) is 0. The summed E-state index contributed by atoms with van der Waals surface area (Å²) in [6, 6.07) is 9.84. The van der Waals surface area contributed by atoms with Crippen LogP contribution in [0.3, 0.4) is 0 Å². The maximum Gasteiger partial charge on any atom is 0.192 e. The summed E-state index contributed by atoms with van der Waals surface area (Å²) in [7, 11) is -1.73. The molecule has 0 saturated carbocycles. The number of nitrogens with zero attached hydrogens (tertiary/aromatic N) is 1. The number of nitriles is 1. The van der Waals surface area contributed by atoms with Gasteiger partial charge >= 0.3 is 0 Å². The van der Waals surface area contributed by atoms with E-state index in [4.69, 9.17) is 9.69 Å². The normalized spacial score (nSPS) is 12.2. The maximum atomic E-state index is 9.01. The Labute approximate surface area is 105 Å². The van der Waals surface area contributed by atoms with Crippen molar-refractivity contribution >= 4 is 8.32 Å². The fourth-order valence-electron chi connectivity index (χ4n) is 1.23. The van der Waals surface area contributed by atoms with Gasteiger partial charge in [-0.25, -0.2) is 0 Å². The molecule has 0 spiro atoms. The van der Waals surface area contributed by atoms with E-state index in [0.29, 0.717) is 12.2 Å². The van der Waals surface area contributed by atoms with Crippen LogP contribution in [0.5, 0.6) is 0 Å². The molecule has 2 nitrogen and oxygen atoms in total. The first-order valence-electron chi connectivity index (χ1n) is 5.90. The Bertz CT molecular complexity index is 427. The molecule has 3 heteroatoms. The van der Waals surface area contributed by atoms with E-state index in [1.807, 2.05) is 24.3 Å². The molecule has 1 rings (SSSR count). The van der Waals surface area contributed by atoms with Gasteiger partial charge < -0.3 is 4.43 Å². The lowest BCUT2D eigenvalue weighted by Gasteiger charge is -2.36. The van der Waals surface area contributed by atoms with E-state index in [2.05, 4.69) is 39.9 Å². The van der Waals surface area contributed by atoms with Gasteiger partial charge in [-0.3, -0.25) is 0 Å². The fourth-order valence-corrected chi connectivity index (χ4v) is 2.18. The second kappa shape index (κ2) is 5.03. The van der Waals surface area contributed by atoms with Crippen LogP contribution in [0.1, 0.15) is 31.9 Å². The van der Waals surface area contributed by atoms with E-state index in [0.717, 1.165) is 5.56 Å². The van der Waals surface area contributed by atoms with E-state index in [-0.39, 0.29) is 5.04 Å². The van der Waals surface area contributed by atoms with E-state index in [1.54, 1.807) is 0 Å². The second-order valence-electron chi connectivity index (χ2n) is 5.82. The largest absolute Gasteiger partial charge is 0.413 e. The van der Waals surface area contributed by atoms with Gasteiger partial charge in [0.15, 0.2) is 8.32 Å². The molecule has 0 amide bonds. The summed E-state index contributed by atoms with van der Waals surface area (Å²) in [5.41, 5.74) is 1.70. The minimum Gasteiger partial charge on any atom is -0.413 e. The maximum absolute atomic E-state index is 9.01. The SMILES string of the molecule is CC(C)(C)[Si](C)(C)OCc1ccccc1C#N. The lowest BCUT2D eigenvalue weighted by molar-refractivity contribution is 0.276. The second-order valence-corrected chi connectivity index (χ2v) is 10.6. The third-order valence-corrected chi connectivity index (χ3v) is 8.01. The van der Waals surface area contributed by atoms with Crippen LogP contribution in [0.4, 0.5) is 0 Å². The monoisotopic (exact) mass is 247 g/mol. The van der Waals surface area contributed by atoms with Crippen LogP contribution < -0.4 is 0 Å². The molecule has 0 aliphatic carbocycles. The Morgan fingerprint density at radius 2 is 1.82 bits per heavy atom. The average molecular weight is 247 g/mol. The van der Waals surface area contributed by atoms with Gasteiger partial charge in [-0.15, -0.1) is 0 Å². The Morgan fingerprint density at radius 1 is 1.24 bits per heavy atom. The zero-order valence-electron chi connectivity index (χ0n) is 11.4. The van der Waals surface area contributed by atoms with Crippen molar-refractivity contribution in [2.24, 2.45) is 0 Å². The molecule has 0 aliphatic heterocycles. The van der Waals surface area contributed by atoms with Gasteiger partial charge in [-0.2, -0.15) is 5.26 Å². The lowest BCUT2D eigenvalue weighted by Crippen LogP contribution is -2.40. The molecule has 1 aromatic rings. The summed E-state index contributed by atoms with van der Waals surface area (Å²) >= 11 is 0. The molecule has 92 valence electrons. The van der Waals surface area contributed by atoms with Crippen molar-refractivity contribution in [3.8, 4) is 6.07 Å². The van der Waals surface area contributed by atoms with Gasteiger partial charge in [0.05, 0.1) is 18.2 Å². The van der Waals surface area contributed by atoms with Crippen molar-refractivity contribution in [3.63, 3.8) is 0 Å². The van der Waals surface area contributed by atoms with Crippen molar-refractivity contribution < 1.29 is 4.43 Å². The lowest BCUT2D eigenvalue weighted by atomic mass is 10.1. The van der Waals surface area contributed by atoms with Gasteiger partial charge in [0.25, 0.3) is 0 Å². The first kappa shape index (κ1) is 13.9. The topological polar surface area (TPSA) is 33.0 Å². The number of benzene rings is 1. The standard InChI is InChI=1S/C14H21NOSi/c1-14(2,3)17(4,5)16-11-13-9-7-6-8-12(13)10-15/h6-9H,11H2,1-5H3. The molecule has 0 fully saturated rings. The Hall–Kier alpha value is -1.11. The predicted molar refractivity (Wildman–Crippen MR) is 73.1 cm³/mol. The minimum atomic E-state index is -1.73. The molecule has 0 radical (unpaired) electrons. The highest BCUT2D eigenvalue weighted by Crippen LogP contribution is 2.37. The summed E-state index contributed by atoms with van der Waals surface area (Å²) in [4.78, 5) is 0. The number of hydrogen-bond acceptors (Lipinski definition) is 2. The molecule has 0 bridgehead atoms. The van der Waals surface area contributed by atoms with Crippen LogP contribution in [-0.2, 0) is 11.0 Å². The van der Waals surface area contributed by atoms with Crippen LogP contribution in [0.15, 0.2) is 24.3 Å². The van der Waals surface area contributed by atoms with Crippen molar-refractivity contribution in [1.29, 1.82) is 5.26 Å². The summed E-state index contributed by atoms with van der Waals surface area (Å²) in [5, 5.41) is 9.22. The quantitative estimate of drug-likeness (QED) is 0.754. The van der Waals surface area contributed by atoms with Crippen molar-refractivity contribution in [2.45, 2.75) is 45.5 Å². The minimum absolute atomic E-state index is 0.203. The third-order valence-electron chi connectivity index (χ3n) is 3.53. The molecule has 0 saturated heterocycles. The molecule has 0 unspecified atom stereocenters. The van der Waals surface area contributed by atoms with E-state index in [9.17, 15) is 0 Å². The predicted octanol–water partition coefficient (Wildman–Crippen LogP) is 4.08. The molecule has 1 aromatic carbocycles. The van der Waals surface area contributed by atoms with Crippen LogP contribution in [-0.4, -0.2) is 8.32 Å². The average Bonchev–Trinajstić information content (AvgIpc) is 2.25. The summed E-state index contributed by atoms with van der Waals surface area (Å²) in [6.07, 6.45) is 0. The van der Waals surface area contributed by atoms with Gasteiger partial charge in [-0.05, 0) is 29.8 Å². The molecule has 0 N–H and O–H groups in total. The van der Waals surface area contributed by atoms with Gasteiger partial charge in [0, 0.05) is 0 Å². The van der Waals surface area contributed by atoms with E-state index >= 15 is 0 Å². The highest BCUT2D eigenvalue weighted by Gasteiger charge is 2.37. The molecular formula is C14H21NOSi. The summed E-state index contributed by atoms with van der Waals surface area (Å²) < 4.78 is 6.11. The number of rotatable bonds is 3. The first-order valence-corrected chi connectivity index (χ1v) is 8.81. The smallest absolute Gasteiger partial charge is 0.192 e. The highest BCUT2D eigenvalue weighted by atomic mass is 28.4. The molecule has 17 heavy (non-hydrogen) atoms. The summed E-state index contributed by atoms with van der Waals surface area (Å²) in [6.45, 7) is 11.6. The van der Waals surface area contributed by atoms with E-state index in [1.165, 1.54) is 0 Å². The highest BCUT2D eigenvalue weighted by molar-refractivity contribution is 6.74. The molecule has 0 heterocycles. The van der Waals surface area contributed by atoms with Crippen molar-refractivity contribution in [3.05, 3.63) is 35.4 Å². The van der Waals surface area contributed by atoms with Crippen LogP contribution in [0.2, 0.25) is 18.1 Å². The molecular weight excluding hydrogens is 226 g/mol. The van der Waals surface area contributed by atoms with Crippen LogP contribution >= 0.6 is 0 Å². The van der Waals surface area contributed by atoms with Crippen LogP contribution in [0.25, 0.3) is 0 Å². The zero-order valence-corrected chi connectivity index (χ0v) is 12.4. The third kappa shape index (κ3) is 3.42.